The second-order valence-electron chi connectivity index (χ2n) is 6.15. The van der Waals surface area contributed by atoms with Crippen molar-refractivity contribution in [2.75, 3.05) is 0 Å². The predicted octanol–water partition coefficient (Wildman–Crippen LogP) is 4.02. The van der Waals surface area contributed by atoms with Gasteiger partial charge in [-0.3, -0.25) is 4.79 Å². The van der Waals surface area contributed by atoms with Gasteiger partial charge in [0.2, 0.25) is 0 Å². The third-order valence-electron chi connectivity index (χ3n) is 4.37. The number of aromatic nitrogens is 3. The topological polar surface area (TPSA) is 73.0 Å². The number of carbonyl (C=O) groups is 1. The fourth-order valence-electron chi connectivity index (χ4n) is 2.98. The summed E-state index contributed by atoms with van der Waals surface area (Å²) in [6.45, 7) is 1.96. The first-order valence-electron chi connectivity index (χ1n) is 8.61. The van der Waals surface area contributed by atoms with Gasteiger partial charge in [-0.15, -0.1) is 0 Å². The maximum Gasteiger partial charge on any atom is 0.251 e. The van der Waals surface area contributed by atoms with Crippen LogP contribution in [-0.2, 0) is 0 Å². The van der Waals surface area contributed by atoms with Crippen LogP contribution in [0.2, 0.25) is 0 Å². The number of nitrogens with one attached hydrogen (secondary N) is 1. The third kappa shape index (κ3) is 3.50. The average molecular weight is 358 g/mol. The van der Waals surface area contributed by atoms with Crippen LogP contribution in [0.4, 0.5) is 0 Å². The van der Waals surface area contributed by atoms with Gasteiger partial charge in [0, 0.05) is 23.5 Å². The number of rotatable bonds is 5. The Balaban J connectivity index is 1.52. The molecule has 2 aromatic heterocycles. The van der Waals surface area contributed by atoms with Gasteiger partial charge in [-0.25, -0.2) is 9.67 Å². The molecule has 0 aliphatic rings. The van der Waals surface area contributed by atoms with Crippen LogP contribution in [0.3, 0.4) is 0 Å². The number of carbonyl (C=O) groups excluding carboxylic acids is 1. The average Bonchev–Trinajstić information content (AvgIpc) is 3.42. The van der Waals surface area contributed by atoms with E-state index in [1.807, 2.05) is 55.6 Å². The number of benzene rings is 2. The van der Waals surface area contributed by atoms with E-state index in [9.17, 15) is 4.79 Å². The Hall–Kier alpha value is -3.67. The first-order valence-corrected chi connectivity index (χ1v) is 8.61. The van der Waals surface area contributed by atoms with E-state index >= 15 is 0 Å². The van der Waals surface area contributed by atoms with Gasteiger partial charge in [0.05, 0.1) is 17.9 Å². The first kappa shape index (κ1) is 16.8. The van der Waals surface area contributed by atoms with E-state index in [4.69, 9.17) is 4.42 Å². The van der Waals surface area contributed by atoms with Crippen LogP contribution in [-0.4, -0.2) is 20.7 Å². The number of amides is 1. The molecule has 0 bridgehead atoms. The van der Waals surface area contributed by atoms with Crippen LogP contribution in [0.15, 0.2) is 84.0 Å². The summed E-state index contributed by atoms with van der Waals surface area (Å²) in [5.41, 5.74) is 3.40. The highest BCUT2D eigenvalue weighted by Crippen LogP contribution is 2.22. The quantitative estimate of drug-likeness (QED) is 0.585. The SMILES string of the molecule is C[C@H](NC(=O)c1ccc(-c2cnco2)cc1)c1ccccc1-n1cccn1. The molecule has 134 valence electrons. The van der Waals surface area contributed by atoms with Crippen molar-refractivity contribution in [1.29, 1.82) is 0 Å². The van der Waals surface area contributed by atoms with Gasteiger partial charge in [-0.05, 0) is 36.8 Å². The minimum absolute atomic E-state index is 0.137. The molecule has 1 N–H and O–H groups in total. The number of hydrogen-bond donors (Lipinski definition) is 1. The first-order chi connectivity index (χ1) is 13.2. The van der Waals surface area contributed by atoms with Crippen LogP contribution in [0.5, 0.6) is 0 Å². The Labute approximate surface area is 156 Å². The lowest BCUT2D eigenvalue weighted by Crippen LogP contribution is -2.27. The summed E-state index contributed by atoms with van der Waals surface area (Å²) in [4.78, 5) is 16.6. The Morgan fingerprint density at radius 3 is 2.63 bits per heavy atom. The molecule has 0 saturated heterocycles. The molecule has 1 atom stereocenters. The molecule has 0 saturated carbocycles. The molecule has 6 nitrogen and oxygen atoms in total. The van der Waals surface area contributed by atoms with Gasteiger partial charge in [0.25, 0.3) is 5.91 Å². The van der Waals surface area contributed by atoms with E-state index in [2.05, 4.69) is 15.4 Å². The van der Waals surface area contributed by atoms with Gasteiger partial charge < -0.3 is 9.73 Å². The van der Waals surface area contributed by atoms with E-state index < -0.39 is 0 Å². The number of para-hydroxylation sites is 1. The molecule has 2 aromatic carbocycles. The maximum absolute atomic E-state index is 12.7. The van der Waals surface area contributed by atoms with Crippen LogP contribution in [0, 0.1) is 0 Å². The molecular weight excluding hydrogens is 340 g/mol. The Morgan fingerprint density at radius 1 is 1.11 bits per heavy atom. The standard InChI is InChI=1S/C21H18N4O2/c1-15(18-5-2-3-6-19(18)25-12-4-11-23-25)24-21(26)17-9-7-16(8-10-17)20-13-22-14-27-20/h2-15H,1H3,(H,24,26)/t15-/m0/s1. The van der Waals surface area contributed by atoms with E-state index in [0.717, 1.165) is 16.8 Å². The zero-order valence-corrected chi connectivity index (χ0v) is 14.7. The molecule has 4 aromatic rings. The molecule has 0 fully saturated rings. The lowest BCUT2D eigenvalue weighted by Gasteiger charge is -2.18. The minimum Gasteiger partial charge on any atom is -0.444 e. The number of oxazole rings is 1. The second kappa shape index (κ2) is 7.29. The van der Waals surface area contributed by atoms with E-state index in [1.54, 1.807) is 29.2 Å². The van der Waals surface area contributed by atoms with E-state index in [0.29, 0.717) is 11.3 Å². The smallest absolute Gasteiger partial charge is 0.251 e. The molecule has 2 heterocycles. The Morgan fingerprint density at radius 2 is 1.93 bits per heavy atom. The van der Waals surface area contributed by atoms with Gasteiger partial charge >= 0.3 is 0 Å². The predicted molar refractivity (Wildman–Crippen MR) is 101 cm³/mol. The summed E-state index contributed by atoms with van der Waals surface area (Å²) >= 11 is 0. The van der Waals surface area contributed by atoms with Crippen LogP contribution in [0.25, 0.3) is 17.0 Å². The zero-order valence-electron chi connectivity index (χ0n) is 14.7. The van der Waals surface area contributed by atoms with Crippen molar-refractivity contribution < 1.29 is 9.21 Å². The summed E-state index contributed by atoms with van der Waals surface area (Å²) in [5.74, 6) is 0.533. The molecule has 0 unspecified atom stereocenters. The lowest BCUT2D eigenvalue weighted by molar-refractivity contribution is 0.0940. The Kier molecular flexibility index (Phi) is 4.53. The van der Waals surface area contributed by atoms with Gasteiger partial charge in [-0.2, -0.15) is 5.10 Å². The molecule has 0 radical (unpaired) electrons. The molecular formula is C21H18N4O2. The molecule has 0 spiro atoms. The number of nitrogens with zero attached hydrogens (tertiary/aromatic N) is 3. The molecule has 4 rings (SSSR count). The number of hydrogen-bond acceptors (Lipinski definition) is 4. The molecule has 27 heavy (non-hydrogen) atoms. The van der Waals surface area contributed by atoms with Crippen LogP contribution < -0.4 is 5.32 Å². The van der Waals surface area contributed by atoms with Crippen LogP contribution in [0.1, 0.15) is 28.9 Å². The minimum atomic E-state index is -0.174. The lowest BCUT2D eigenvalue weighted by atomic mass is 10.0. The highest BCUT2D eigenvalue weighted by Gasteiger charge is 2.15. The van der Waals surface area contributed by atoms with Crippen molar-refractivity contribution >= 4 is 5.91 Å². The van der Waals surface area contributed by atoms with Crippen LogP contribution >= 0.6 is 0 Å². The van der Waals surface area contributed by atoms with Gasteiger partial charge in [0.1, 0.15) is 0 Å². The molecule has 0 aliphatic heterocycles. The molecule has 1 amide bonds. The fourth-order valence-corrected chi connectivity index (χ4v) is 2.98. The van der Waals surface area contributed by atoms with Crippen molar-refractivity contribution in [2.45, 2.75) is 13.0 Å². The normalized spacial score (nSPS) is 11.9. The summed E-state index contributed by atoms with van der Waals surface area (Å²) in [5, 5.41) is 7.34. The Bertz CT molecular complexity index is 1020. The van der Waals surface area contributed by atoms with Gasteiger partial charge in [-0.1, -0.05) is 30.3 Å². The van der Waals surface area contributed by atoms with Crippen molar-refractivity contribution in [1.82, 2.24) is 20.1 Å². The van der Waals surface area contributed by atoms with E-state index in [-0.39, 0.29) is 11.9 Å². The largest absolute Gasteiger partial charge is 0.444 e. The summed E-state index contributed by atoms with van der Waals surface area (Å²) in [7, 11) is 0. The monoisotopic (exact) mass is 358 g/mol. The summed E-state index contributed by atoms with van der Waals surface area (Å²) in [6.07, 6.45) is 6.64. The van der Waals surface area contributed by atoms with Crippen molar-refractivity contribution in [3.05, 3.63) is 90.7 Å². The highest BCUT2D eigenvalue weighted by molar-refractivity contribution is 5.94. The van der Waals surface area contributed by atoms with Gasteiger partial charge in [0.15, 0.2) is 12.2 Å². The van der Waals surface area contributed by atoms with Crippen molar-refractivity contribution in [3.8, 4) is 17.0 Å². The zero-order chi connectivity index (χ0) is 18.6. The highest BCUT2D eigenvalue weighted by atomic mass is 16.3. The second-order valence-corrected chi connectivity index (χ2v) is 6.15. The van der Waals surface area contributed by atoms with Crippen molar-refractivity contribution in [2.24, 2.45) is 0 Å². The summed E-state index contributed by atoms with van der Waals surface area (Å²) in [6, 6.07) is 16.8. The third-order valence-corrected chi connectivity index (χ3v) is 4.37. The van der Waals surface area contributed by atoms with E-state index in [1.165, 1.54) is 6.39 Å². The molecule has 6 heteroatoms. The van der Waals surface area contributed by atoms with Crippen molar-refractivity contribution in [3.63, 3.8) is 0 Å². The molecule has 0 aliphatic carbocycles. The summed E-state index contributed by atoms with van der Waals surface area (Å²) < 4.78 is 7.07. The maximum atomic E-state index is 12.7. The fraction of sp³-hybridized carbons (Fsp3) is 0.0952.